The first-order valence-electron chi connectivity index (χ1n) is 9.55. The number of hydrogen-bond acceptors (Lipinski definition) is 4. The van der Waals surface area contributed by atoms with Crippen LogP contribution in [0, 0.1) is 0 Å². The molecular weight excluding hydrogens is 362 g/mol. The van der Waals surface area contributed by atoms with E-state index in [1.165, 1.54) is 0 Å². The molecule has 0 saturated heterocycles. The number of carbonyl (C=O) groups is 1. The number of pyridine rings is 1. The van der Waals surface area contributed by atoms with Gasteiger partial charge in [-0.15, -0.1) is 0 Å². The minimum atomic E-state index is -0.299. The predicted molar refractivity (Wildman–Crippen MR) is 113 cm³/mol. The van der Waals surface area contributed by atoms with Crippen LogP contribution in [0.15, 0.2) is 85.2 Å². The highest BCUT2D eigenvalue weighted by Gasteiger charge is 2.23. The Morgan fingerprint density at radius 3 is 2.17 bits per heavy atom. The molecule has 2 heterocycles. The van der Waals surface area contributed by atoms with E-state index in [-0.39, 0.29) is 12.5 Å². The fourth-order valence-electron chi connectivity index (χ4n) is 3.34. The molecule has 0 unspecified atom stereocenters. The van der Waals surface area contributed by atoms with Crippen LogP contribution in [-0.2, 0) is 16.1 Å². The van der Waals surface area contributed by atoms with Crippen LogP contribution >= 0.6 is 0 Å². The Morgan fingerprint density at radius 1 is 0.897 bits per heavy atom. The Balaban J connectivity index is 1.98. The fourth-order valence-corrected chi connectivity index (χ4v) is 3.34. The van der Waals surface area contributed by atoms with E-state index in [1.807, 2.05) is 77.4 Å². The summed E-state index contributed by atoms with van der Waals surface area (Å²) in [6.07, 6.45) is 3.48. The van der Waals surface area contributed by atoms with Crippen molar-refractivity contribution >= 4 is 5.97 Å². The molecule has 0 aliphatic heterocycles. The molecule has 0 atom stereocenters. The summed E-state index contributed by atoms with van der Waals surface area (Å²) in [7, 11) is 0. The van der Waals surface area contributed by atoms with Crippen LogP contribution in [0.25, 0.3) is 33.9 Å². The van der Waals surface area contributed by atoms with E-state index in [9.17, 15) is 4.79 Å². The standard InChI is InChI=1S/C24H21N3O2/c1-2-29-21(28)17-27-23(19-12-7-4-8-13-19)22(18-10-5-3-6-11-18)26-24(27)20-14-9-15-25-16-20/h3-16H,2,17H2,1H3. The number of rotatable bonds is 6. The smallest absolute Gasteiger partial charge is 0.326 e. The van der Waals surface area contributed by atoms with E-state index in [1.54, 1.807) is 19.3 Å². The fraction of sp³-hybridized carbons (Fsp3) is 0.125. The molecule has 0 aliphatic rings. The molecule has 5 nitrogen and oxygen atoms in total. The Labute approximate surface area is 169 Å². The van der Waals surface area contributed by atoms with E-state index >= 15 is 0 Å². The number of imidazole rings is 1. The summed E-state index contributed by atoms with van der Waals surface area (Å²) in [6, 6.07) is 23.8. The molecule has 144 valence electrons. The SMILES string of the molecule is CCOC(=O)Cn1c(-c2cccnc2)nc(-c2ccccc2)c1-c1ccccc1. The van der Waals surface area contributed by atoms with Crippen molar-refractivity contribution in [2.45, 2.75) is 13.5 Å². The summed E-state index contributed by atoms with van der Waals surface area (Å²) in [5.41, 5.74) is 4.51. The van der Waals surface area contributed by atoms with Crippen LogP contribution in [-0.4, -0.2) is 27.1 Å². The second-order valence-electron chi connectivity index (χ2n) is 6.50. The normalized spacial score (nSPS) is 10.7. The van der Waals surface area contributed by atoms with Crippen molar-refractivity contribution in [2.24, 2.45) is 0 Å². The average Bonchev–Trinajstić information content (AvgIpc) is 3.15. The molecule has 29 heavy (non-hydrogen) atoms. The predicted octanol–water partition coefficient (Wildman–Crippen LogP) is 4.84. The first-order valence-corrected chi connectivity index (χ1v) is 9.55. The maximum Gasteiger partial charge on any atom is 0.326 e. The number of hydrogen-bond donors (Lipinski definition) is 0. The average molecular weight is 383 g/mol. The summed E-state index contributed by atoms with van der Waals surface area (Å²) >= 11 is 0. The van der Waals surface area contributed by atoms with E-state index in [0.717, 1.165) is 28.1 Å². The third-order valence-electron chi connectivity index (χ3n) is 4.57. The van der Waals surface area contributed by atoms with Gasteiger partial charge in [0.25, 0.3) is 0 Å². The lowest BCUT2D eigenvalue weighted by Gasteiger charge is -2.12. The molecule has 2 aromatic heterocycles. The summed E-state index contributed by atoms with van der Waals surface area (Å²) < 4.78 is 7.16. The van der Waals surface area contributed by atoms with Crippen molar-refractivity contribution in [3.63, 3.8) is 0 Å². The van der Waals surface area contributed by atoms with Gasteiger partial charge >= 0.3 is 5.97 Å². The second-order valence-corrected chi connectivity index (χ2v) is 6.50. The van der Waals surface area contributed by atoms with Gasteiger partial charge in [0.05, 0.1) is 18.0 Å². The van der Waals surface area contributed by atoms with Gasteiger partial charge in [-0.25, -0.2) is 4.98 Å². The van der Waals surface area contributed by atoms with Gasteiger partial charge in [-0.3, -0.25) is 9.78 Å². The number of ether oxygens (including phenoxy) is 1. The highest BCUT2D eigenvalue weighted by atomic mass is 16.5. The Bertz CT molecular complexity index is 1090. The van der Waals surface area contributed by atoms with Crippen LogP contribution in [0.5, 0.6) is 0 Å². The van der Waals surface area contributed by atoms with Crippen molar-refractivity contribution in [2.75, 3.05) is 6.61 Å². The van der Waals surface area contributed by atoms with Gasteiger partial charge in [-0.1, -0.05) is 60.7 Å². The molecule has 0 aliphatic carbocycles. The van der Waals surface area contributed by atoms with E-state index in [0.29, 0.717) is 12.4 Å². The van der Waals surface area contributed by atoms with Crippen molar-refractivity contribution in [3.8, 4) is 33.9 Å². The number of nitrogens with zero attached hydrogens (tertiary/aromatic N) is 3. The Hall–Kier alpha value is -3.73. The zero-order valence-electron chi connectivity index (χ0n) is 16.2. The zero-order valence-corrected chi connectivity index (χ0v) is 16.2. The third-order valence-corrected chi connectivity index (χ3v) is 4.57. The van der Waals surface area contributed by atoms with E-state index in [2.05, 4.69) is 4.98 Å². The van der Waals surface area contributed by atoms with Crippen molar-refractivity contribution in [1.29, 1.82) is 0 Å². The van der Waals surface area contributed by atoms with Crippen LogP contribution in [0.3, 0.4) is 0 Å². The van der Waals surface area contributed by atoms with Crippen molar-refractivity contribution < 1.29 is 9.53 Å². The Kier molecular flexibility index (Phi) is 5.47. The van der Waals surface area contributed by atoms with Crippen LogP contribution in [0.2, 0.25) is 0 Å². The first kappa shape index (κ1) is 18.6. The number of benzene rings is 2. The molecule has 4 aromatic rings. The summed E-state index contributed by atoms with van der Waals surface area (Å²) in [5, 5.41) is 0. The molecule has 0 saturated carbocycles. The van der Waals surface area contributed by atoms with Gasteiger partial charge in [-0.05, 0) is 19.1 Å². The van der Waals surface area contributed by atoms with E-state index < -0.39 is 0 Å². The van der Waals surface area contributed by atoms with Crippen molar-refractivity contribution in [3.05, 3.63) is 85.2 Å². The monoisotopic (exact) mass is 383 g/mol. The third kappa shape index (κ3) is 3.94. The highest BCUT2D eigenvalue weighted by molar-refractivity contribution is 5.83. The minimum Gasteiger partial charge on any atom is -0.465 e. The molecular formula is C24H21N3O2. The van der Waals surface area contributed by atoms with Gasteiger partial charge in [-0.2, -0.15) is 0 Å². The second kappa shape index (κ2) is 8.52. The lowest BCUT2D eigenvalue weighted by molar-refractivity contribution is -0.143. The van der Waals surface area contributed by atoms with Gasteiger partial charge in [0, 0.05) is 29.1 Å². The lowest BCUT2D eigenvalue weighted by Crippen LogP contribution is -2.15. The number of aromatic nitrogens is 3. The molecule has 0 radical (unpaired) electrons. The molecule has 2 aromatic carbocycles. The highest BCUT2D eigenvalue weighted by Crippen LogP contribution is 2.36. The zero-order chi connectivity index (χ0) is 20.1. The van der Waals surface area contributed by atoms with Gasteiger partial charge in [0.2, 0.25) is 0 Å². The van der Waals surface area contributed by atoms with Crippen LogP contribution in [0.4, 0.5) is 0 Å². The molecule has 0 fully saturated rings. The molecule has 0 bridgehead atoms. The van der Waals surface area contributed by atoms with Crippen LogP contribution in [0.1, 0.15) is 6.92 Å². The molecule has 5 heteroatoms. The quantitative estimate of drug-likeness (QED) is 0.447. The topological polar surface area (TPSA) is 57.0 Å². The molecule has 0 amide bonds. The summed E-state index contributed by atoms with van der Waals surface area (Å²) in [4.78, 5) is 21.6. The van der Waals surface area contributed by atoms with Gasteiger partial charge in [0.15, 0.2) is 0 Å². The summed E-state index contributed by atoms with van der Waals surface area (Å²) in [6.45, 7) is 2.21. The molecule has 0 N–H and O–H groups in total. The van der Waals surface area contributed by atoms with E-state index in [4.69, 9.17) is 9.72 Å². The first-order chi connectivity index (χ1) is 14.3. The van der Waals surface area contributed by atoms with Gasteiger partial charge < -0.3 is 9.30 Å². The number of esters is 1. The summed E-state index contributed by atoms with van der Waals surface area (Å²) in [5.74, 6) is 0.385. The largest absolute Gasteiger partial charge is 0.465 e. The van der Waals surface area contributed by atoms with Crippen LogP contribution < -0.4 is 0 Å². The molecule has 4 rings (SSSR count). The lowest BCUT2D eigenvalue weighted by atomic mass is 10.0. The minimum absolute atomic E-state index is 0.0716. The maximum atomic E-state index is 12.4. The maximum absolute atomic E-state index is 12.4. The molecule has 0 spiro atoms. The van der Waals surface area contributed by atoms with Crippen molar-refractivity contribution in [1.82, 2.24) is 14.5 Å². The number of carbonyl (C=O) groups excluding carboxylic acids is 1. The van der Waals surface area contributed by atoms with Gasteiger partial charge in [0.1, 0.15) is 12.4 Å². The Morgan fingerprint density at radius 2 is 1.55 bits per heavy atom.